The fraction of sp³-hybridized carbons (Fsp3) is 0.0714. The Bertz CT molecular complexity index is 579. The van der Waals surface area contributed by atoms with E-state index in [4.69, 9.17) is 23.1 Å². The molecular weight excluding hydrogens is 248 g/mol. The van der Waals surface area contributed by atoms with Gasteiger partial charge in [0.2, 0.25) is 5.91 Å². The van der Waals surface area contributed by atoms with Crippen molar-refractivity contribution in [2.75, 3.05) is 0 Å². The van der Waals surface area contributed by atoms with E-state index in [0.29, 0.717) is 17.1 Å². The number of hydrogen-bond acceptors (Lipinski definition) is 2. The molecule has 0 radical (unpaired) electrons. The van der Waals surface area contributed by atoms with Gasteiger partial charge in [-0.3, -0.25) is 4.79 Å². The highest BCUT2D eigenvalue weighted by atomic mass is 35.5. The summed E-state index contributed by atoms with van der Waals surface area (Å²) in [5.41, 5.74) is 14.4. The zero-order chi connectivity index (χ0) is 13.1. The molecule has 1 amide bonds. The molecule has 0 saturated heterocycles. The SMILES string of the molecule is NCc1cc(Cl)ccc1-c1ccc(C(N)=O)cc1. The van der Waals surface area contributed by atoms with Gasteiger partial charge in [0.25, 0.3) is 0 Å². The molecule has 2 rings (SSSR count). The molecule has 0 aliphatic rings. The van der Waals surface area contributed by atoms with Crippen LogP contribution in [0.1, 0.15) is 15.9 Å². The summed E-state index contributed by atoms with van der Waals surface area (Å²) in [5, 5.41) is 0.660. The van der Waals surface area contributed by atoms with Gasteiger partial charge in [-0.2, -0.15) is 0 Å². The Morgan fingerprint density at radius 1 is 1.11 bits per heavy atom. The van der Waals surface area contributed by atoms with Crippen molar-refractivity contribution in [1.82, 2.24) is 0 Å². The van der Waals surface area contributed by atoms with E-state index in [-0.39, 0.29) is 0 Å². The smallest absolute Gasteiger partial charge is 0.248 e. The third-order valence-electron chi connectivity index (χ3n) is 2.77. The van der Waals surface area contributed by atoms with Crippen LogP contribution in [0.25, 0.3) is 11.1 Å². The zero-order valence-corrected chi connectivity index (χ0v) is 10.4. The highest BCUT2D eigenvalue weighted by molar-refractivity contribution is 6.30. The molecule has 0 aromatic heterocycles. The van der Waals surface area contributed by atoms with Gasteiger partial charge in [-0.05, 0) is 41.0 Å². The van der Waals surface area contributed by atoms with Gasteiger partial charge < -0.3 is 11.5 Å². The normalized spacial score (nSPS) is 10.3. The molecule has 2 aromatic rings. The largest absolute Gasteiger partial charge is 0.366 e. The van der Waals surface area contributed by atoms with Gasteiger partial charge >= 0.3 is 0 Å². The lowest BCUT2D eigenvalue weighted by Crippen LogP contribution is -2.10. The van der Waals surface area contributed by atoms with Gasteiger partial charge in [0, 0.05) is 17.1 Å². The van der Waals surface area contributed by atoms with Crippen LogP contribution in [-0.4, -0.2) is 5.91 Å². The molecule has 0 spiro atoms. The molecule has 0 unspecified atom stereocenters. The maximum absolute atomic E-state index is 11.0. The lowest BCUT2D eigenvalue weighted by atomic mass is 9.98. The third-order valence-corrected chi connectivity index (χ3v) is 3.00. The Balaban J connectivity index is 2.45. The van der Waals surface area contributed by atoms with Crippen molar-refractivity contribution in [3.05, 3.63) is 58.6 Å². The number of primary amides is 1. The summed E-state index contributed by atoms with van der Waals surface area (Å²) < 4.78 is 0. The summed E-state index contributed by atoms with van der Waals surface area (Å²) in [5.74, 6) is -0.434. The van der Waals surface area contributed by atoms with Crippen LogP contribution in [0.15, 0.2) is 42.5 Å². The van der Waals surface area contributed by atoms with Crippen LogP contribution >= 0.6 is 11.6 Å². The van der Waals surface area contributed by atoms with Crippen molar-refractivity contribution in [1.29, 1.82) is 0 Å². The first kappa shape index (κ1) is 12.6. The Labute approximate surface area is 110 Å². The molecule has 0 atom stereocenters. The van der Waals surface area contributed by atoms with Gasteiger partial charge in [-0.25, -0.2) is 0 Å². The van der Waals surface area contributed by atoms with Gasteiger partial charge in [-0.1, -0.05) is 29.8 Å². The van der Waals surface area contributed by atoms with Crippen molar-refractivity contribution >= 4 is 17.5 Å². The van der Waals surface area contributed by atoms with Crippen LogP contribution in [0, 0.1) is 0 Å². The van der Waals surface area contributed by atoms with Crippen molar-refractivity contribution < 1.29 is 4.79 Å². The molecule has 92 valence electrons. The quantitative estimate of drug-likeness (QED) is 0.890. The lowest BCUT2D eigenvalue weighted by molar-refractivity contribution is 0.100. The number of hydrogen-bond donors (Lipinski definition) is 2. The van der Waals surface area contributed by atoms with Gasteiger partial charge in [0.15, 0.2) is 0 Å². The highest BCUT2D eigenvalue weighted by Gasteiger charge is 2.06. The van der Waals surface area contributed by atoms with Crippen molar-refractivity contribution in [2.24, 2.45) is 11.5 Å². The number of halogens is 1. The van der Waals surface area contributed by atoms with Gasteiger partial charge in [0.05, 0.1) is 0 Å². The van der Waals surface area contributed by atoms with E-state index in [2.05, 4.69) is 0 Å². The van der Waals surface area contributed by atoms with Gasteiger partial charge in [0.1, 0.15) is 0 Å². The molecule has 0 aliphatic carbocycles. The Morgan fingerprint density at radius 3 is 2.33 bits per heavy atom. The van der Waals surface area contributed by atoms with Crippen LogP contribution in [0.4, 0.5) is 0 Å². The number of benzene rings is 2. The summed E-state index contributed by atoms with van der Waals surface area (Å²) in [4.78, 5) is 11.0. The summed E-state index contributed by atoms with van der Waals surface area (Å²) in [6, 6.07) is 12.7. The second-order valence-corrected chi connectivity index (χ2v) is 4.38. The topological polar surface area (TPSA) is 69.1 Å². The molecule has 4 N–H and O–H groups in total. The first-order valence-corrected chi connectivity index (χ1v) is 5.88. The third kappa shape index (κ3) is 2.53. The van der Waals surface area contributed by atoms with E-state index in [9.17, 15) is 4.79 Å². The average molecular weight is 261 g/mol. The Kier molecular flexibility index (Phi) is 3.65. The molecular formula is C14H13ClN2O. The maximum Gasteiger partial charge on any atom is 0.248 e. The van der Waals surface area contributed by atoms with Crippen molar-refractivity contribution in [3.8, 4) is 11.1 Å². The van der Waals surface area contributed by atoms with Crippen LogP contribution in [-0.2, 0) is 6.54 Å². The molecule has 0 aliphatic heterocycles. The fourth-order valence-corrected chi connectivity index (χ4v) is 2.02. The second kappa shape index (κ2) is 5.21. The van der Waals surface area contributed by atoms with Crippen LogP contribution in [0.5, 0.6) is 0 Å². The average Bonchev–Trinajstić information content (AvgIpc) is 2.38. The van der Waals surface area contributed by atoms with E-state index in [1.165, 1.54) is 0 Å². The molecule has 18 heavy (non-hydrogen) atoms. The number of nitrogens with two attached hydrogens (primary N) is 2. The minimum atomic E-state index is -0.434. The van der Waals surface area contributed by atoms with Crippen LogP contribution in [0.2, 0.25) is 5.02 Å². The van der Waals surface area contributed by atoms with E-state index < -0.39 is 5.91 Å². The zero-order valence-electron chi connectivity index (χ0n) is 9.69. The number of rotatable bonds is 3. The first-order chi connectivity index (χ1) is 8.61. The number of amides is 1. The summed E-state index contributed by atoms with van der Waals surface area (Å²) in [7, 11) is 0. The lowest BCUT2D eigenvalue weighted by Gasteiger charge is -2.09. The molecule has 0 fully saturated rings. The number of carbonyl (C=O) groups excluding carboxylic acids is 1. The molecule has 3 nitrogen and oxygen atoms in total. The summed E-state index contributed by atoms with van der Waals surface area (Å²) >= 11 is 5.93. The van der Waals surface area contributed by atoms with E-state index in [0.717, 1.165) is 16.7 Å². The molecule has 0 saturated carbocycles. The molecule has 0 heterocycles. The standard InChI is InChI=1S/C14H13ClN2O/c15-12-5-6-13(11(7-12)8-16)9-1-3-10(4-2-9)14(17)18/h1-7H,8,16H2,(H2,17,18). The number of carbonyl (C=O) groups is 1. The van der Waals surface area contributed by atoms with Crippen molar-refractivity contribution in [2.45, 2.75) is 6.54 Å². The predicted molar refractivity (Wildman–Crippen MR) is 73.3 cm³/mol. The highest BCUT2D eigenvalue weighted by Crippen LogP contribution is 2.26. The molecule has 4 heteroatoms. The molecule has 2 aromatic carbocycles. The van der Waals surface area contributed by atoms with E-state index >= 15 is 0 Å². The van der Waals surface area contributed by atoms with E-state index in [1.54, 1.807) is 12.1 Å². The Morgan fingerprint density at radius 2 is 1.78 bits per heavy atom. The van der Waals surface area contributed by atoms with Crippen LogP contribution in [0.3, 0.4) is 0 Å². The first-order valence-electron chi connectivity index (χ1n) is 5.50. The summed E-state index contributed by atoms with van der Waals surface area (Å²) in [6.45, 7) is 0.410. The van der Waals surface area contributed by atoms with Crippen LogP contribution < -0.4 is 11.5 Å². The minimum absolute atomic E-state index is 0.410. The van der Waals surface area contributed by atoms with Crippen molar-refractivity contribution in [3.63, 3.8) is 0 Å². The van der Waals surface area contributed by atoms with Gasteiger partial charge in [-0.15, -0.1) is 0 Å². The monoisotopic (exact) mass is 260 g/mol. The minimum Gasteiger partial charge on any atom is -0.366 e. The Hall–Kier alpha value is -1.84. The predicted octanol–water partition coefficient (Wildman–Crippen LogP) is 2.56. The van der Waals surface area contributed by atoms with E-state index in [1.807, 2.05) is 30.3 Å². The second-order valence-electron chi connectivity index (χ2n) is 3.95. The fourth-order valence-electron chi connectivity index (χ4n) is 1.83. The molecule has 0 bridgehead atoms. The summed E-state index contributed by atoms with van der Waals surface area (Å²) in [6.07, 6.45) is 0. The maximum atomic E-state index is 11.0.